The van der Waals surface area contributed by atoms with E-state index in [1.54, 1.807) is 0 Å². The number of ether oxygens (including phenoxy) is 6. The van der Waals surface area contributed by atoms with Gasteiger partial charge < -0.3 is 28.4 Å². The molecule has 0 bridgehead atoms. The first kappa shape index (κ1) is 18.1. The lowest BCUT2D eigenvalue weighted by molar-refractivity contribution is 0.0847. The highest BCUT2D eigenvalue weighted by atomic mass is 16.6. The maximum absolute atomic E-state index is 5.87. The second-order valence-corrected chi connectivity index (χ2v) is 6.93. The second kappa shape index (κ2) is 8.61. The van der Waals surface area contributed by atoms with Gasteiger partial charge in [0.15, 0.2) is 0 Å². The number of hydrogen-bond donors (Lipinski definition) is 0. The molecule has 3 heterocycles. The average Bonchev–Trinajstić information content (AvgIpc) is 3.47. The summed E-state index contributed by atoms with van der Waals surface area (Å²) in [7, 11) is 0. The van der Waals surface area contributed by atoms with E-state index in [2.05, 4.69) is 18.7 Å². The van der Waals surface area contributed by atoms with Crippen LogP contribution >= 0.6 is 0 Å². The van der Waals surface area contributed by atoms with Crippen LogP contribution in [0.25, 0.3) is 6.08 Å². The van der Waals surface area contributed by atoms with Crippen molar-refractivity contribution >= 4 is 6.08 Å². The summed E-state index contributed by atoms with van der Waals surface area (Å²) >= 11 is 0. The van der Waals surface area contributed by atoms with E-state index < -0.39 is 0 Å². The smallest absolute Gasteiger partial charge is 0.104 e. The quantitative estimate of drug-likeness (QED) is 0.501. The Morgan fingerprint density at radius 3 is 1.62 bits per heavy atom. The number of hydrogen-bond acceptors (Lipinski definition) is 6. The Labute approximate surface area is 154 Å². The van der Waals surface area contributed by atoms with E-state index in [-0.39, 0.29) is 18.3 Å². The van der Waals surface area contributed by atoms with Crippen molar-refractivity contribution in [1.82, 2.24) is 0 Å². The van der Waals surface area contributed by atoms with Crippen molar-refractivity contribution < 1.29 is 28.4 Å². The fraction of sp³-hybridized carbons (Fsp3) is 0.600. The van der Waals surface area contributed by atoms with Gasteiger partial charge in [0.1, 0.15) is 18.3 Å². The first-order valence-electron chi connectivity index (χ1n) is 9.17. The summed E-state index contributed by atoms with van der Waals surface area (Å²) in [5, 5.41) is 0. The van der Waals surface area contributed by atoms with Crippen LogP contribution in [0, 0.1) is 0 Å². The standard InChI is InChI=1S/C20H26O6/c1-2-14-3-15(5-21-7-17-10-24-17)20(13-23-9-19-12-26-19)16(4-14)6-22-8-18-11-25-18/h2-4,17-19H,1,5-13H2. The Balaban J connectivity index is 1.44. The van der Waals surface area contributed by atoms with Gasteiger partial charge in [0.2, 0.25) is 0 Å². The van der Waals surface area contributed by atoms with Gasteiger partial charge >= 0.3 is 0 Å². The summed E-state index contributed by atoms with van der Waals surface area (Å²) in [6, 6.07) is 4.22. The topological polar surface area (TPSA) is 65.3 Å². The molecule has 6 nitrogen and oxygen atoms in total. The lowest BCUT2D eigenvalue weighted by Crippen LogP contribution is -2.11. The lowest BCUT2D eigenvalue weighted by atomic mass is 9.98. The van der Waals surface area contributed by atoms with Crippen LogP contribution in [0.4, 0.5) is 0 Å². The Hall–Kier alpha value is -1.28. The predicted molar refractivity (Wildman–Crippen MR) is 94.7 cm³/mol. The molecule has 0 amide bonds. The molecule has 142 valence electrons. The Kier molecular flexibility index (Phi) is 5.99. The predicted octanol–water partition coefficient (Wildman–Crippen LogP) is 2.08. The molecule has 4 rings (SSSR count). The minimum absolute atomic E-state index is 0.251. The maximum Gasteiger partial charge on any atom is 0.104 e. The largest absolute Gasteiger partial charge is 0.374 e. The molecule has 3 fully saturated rings. The monoisotopic (exact) mass is 362 g/mol. The van der Waals surface area contributed by atoms with Crippen LogP contribution in [0.3, 0.4) is 0 Å². The van der Waals surface area contributed by atoms with Gasteiger partial charge in [-0.05, 0) is 34.4 Å². The SMILES string of the molecule is C=Cc1cc(COCC2CO2)c(COCC2CO2)c(COCC2CO2)c1. The lowest BCUT2D eigenvalue weighted by Gasteiger charge is -2.17. The van der Waals surface area contributed by atoms with Gasteiger partial charge in [0.05, 0.1) is 59.5 Å². The third-order valence-corrected chi connectivity index (χ3v) is 4.57. The van der Waals surface area contributed by atoms with Gasteiger partial charge in [0.25, 0.3) is 0 Å². The summed E-state index contributed by atoms with van der Waals surface area (Å²) in [6.45, 7) is 9.74. The zero-order valence-electron chi connectivity index (χ0n) is 15.0. The summed E-state index contributed by atoms with van der Waals surface area (Å²) in [5.74, 6) is 0. The summed E-state index contributed by atoms with van der Waals surface area (Å²) in [4.78, 5) is 0. The molecule has 0 N–H and O–H groups in total. The molecule has 0 spiro atoms. The van der Waals surface area contributed by atoms with Crippen LogP contribution in [0.15, 0.2) is 18.7 Å². The highest BCUT2D eigenvalue weighted by molar-refractivity contribution is 5.52. The van der Waals surface area contributed by atoms with Crippen molar-refractivity contribution in [3.05, 3.63) is 41.0 Å². The molecule has 1 aromatic carbocycles. The van der Waals surface area contributed by atoms with E-state index in [1.807, 2.05) is 6.08 Å². The van der Waals surface area contributed by atoms with Crippen LogP contribution < -0.4 is 0 Å². The van der Waals surface area contributed by atoms with Crippen LogP contribution in [-0.4, -0.2) is 58.0 Å². The Morgan fingerprint density at radius 1 is 0.808 bits per heavy atom. The van der Waals surface area contributed by atoms with Gasteiger partial charge in [0, 0.05) is 0 Å². The minimum atomic E-state index is 0.251. The van der Waals surface area contributed by atoms with E-state index in [0.29, 0.717) is 39.6 Å². The molecule has 0 aliphatic carbocycles. The number of rotatable bonds is 13. The molecular formula is C20H26O6. The van der Waals surface area contributed by atoms with E-state index in [4.69, 9.17) is 28.4 Å². The van der Waals surface area contributed by atoms with Crippen molar-refractivity contribution in [3.8, 4) is 0 Å². The maximum atomic E-state index is 5.87. The van der Waals surface area contributed by atoms with Crippen molar-refractivity contribution in [3.63, 3.8) is 0 Å². The molecule has 26 heavy (non-hydrogen) atoms. The van der Waals surface area contributed by atoms with Crippen molar-refractivity contribution in [2.75, 3.05) is 39.6 Å². The average molecular weight is 362 g/mol. The molecule has 3 unspecified atom stereocenters. The highest BCUT2D eigenvalue weighted by Gasteiger charge is 2.25. The molecule has 3 aliphatic rings. The van der Waals surface area contributed by atoms with Crippen molar-refractivity contribution in [2.24, 2.45) is 0 Å². The molecule has 3 aliphatic heterocycles. The summed E-state index contributed by atoms with van der Waals surface area (Å²) in [6.07, 6.45) is 2.61. The van der Waals surface area contributed by atoms with E-state index in [9.17, 15) is 0 Å². The third kappa shape index (κ3) is 5.61. The fourth-order valence-corrected chi connectivity index (χ4v) is 2.77. The van der Waals surface area contributed by atoms with Crippen molar-refractivity contribution in [2.45, 2.75) is 38.1 Å². The molecular weight excluding hydrogens is 336 g/mol. The highest BCUT2D eigenvalue weighted by Crippen LogP contribution is 2.24. The molecule has 6 heteroatoms. The van der Waals surface area contributed by atoms with Crippen LogP contribution in [0.5, 0.6) is 0 Å². The van der Waals surface area contributed by atoms with E-state index in [0.717, 1.165) is 42.1 Å². The van der Waals surface area contributed by atoms with E-state index >= 15 is 0 Å². The molecule has 0 saturated carbocycles. The third-order valence-electron chi connectivity index (χ3n) is 4.57. The zero-order valence-corrected chi connectivity index (χ0v) is 15.0. The first-order valence-corrected chi connectivity index (χ1v) is 9.17. The van der Waals surface area contributed by atoms with Gasteiger partial charge in [-0.1, -0.05) is 12.7 Å². The Bertz CT molecular complexity index is 580. The molecule has 0 radical (unpaired) electrons. The first-order chi connectivity index (χ1) is 12.8. The van der Waals surface area contributed by atoms with Crippen molar-refractivity contribution in [1.29, 1.82) is 0 Å². The van der Waals surface area contributed by atoms with Gasteiger partial charge in [-0.3, -0.25) is 0 Å². The van der Waals surface area contributed by atoms with Gasteiger partial charge in [-0.15, -0.1) is 0 Å². The summed E-state index contributed by atoms with van der Waals surface area (Å²) in [5.41, 5.74) is 4.41. The normalized spacial score (nSPS) is 25.9. The molecule has 1 aromatic rings. The van der Waals surface area contributed by atoms with Gasteiger partial charge in [-0.2, -0.15) is 0 Å². The number of epoxide rings is 3. The molecule has 0 aromatic heterocycles. The zero-order chi connectivity index (χ0) is 17.8. The van der Waals surface area contributed by atoms with Crippen LogP contribution in [0.2, 0.25) is 0 Å². The van der Waals surface area contributed by atoms with Gasteiger partial charge in [-0.25, -0.2) is 0 Å². The van der Waals surface area contributed by atoms with E-state index in [1.165, 1.54) is 0 Å². The van der Waals surface area contributed by atoms with Crippen LogP contribution in [-0.2, 0) is 48.2 Å². The summed E-state index contributed by atoms with van der Waals surface area (Å²) < 4.78 is 33.2. The second-order valence-electron chi connectivity index (χ2n) is 6.93. The minimum Gasteiger partial charge on any atom is -0.374 e. The fourth-order valence-electron chi connectivity index (χ4n) is 2.77. The molecule has 3 saturated heterocycles. The molecule has 3 atom stereocenters. The van der Waals surface area contributed by atoms with Crippen LogP contribution in [0.1, 0.15) is 22.3 Å². The number of benzene rings is 1. The Morgan fingerprint density at radius 2 is 1.23 bits per heavy atom.